The van der Waals surface area contributed by atoms with Gasteiger partial charge in [0.2, 0.25) is 17.7 Å². The molecule has 2 saturated heterocycles. The van der Waals surface area contributed by atoms with Crippen molar-refractivity contribution in [3.8, 4) is 0 Å². The molecule has 2 fully saturated rings. The molecule has 2 aromatic rings. The van der Waals surface area contributed by atoms with Crippen molar-refractivity contribution in [2.75, 3.05) is 26.2 Å². The van der Waals surface area contributed by atoms with Crippen LogP contribution in [-0.4, -0.2) is 70.9 Å². The minimum Gasteiger partial charge on any atom is -0.374 e. The number of hydrogen-bond donors (Lipinski definition) is 2. The number of carbonyl (C=O) groups is 3. The molecular formula is C28H36N4O4. The number of amides is 3. The van der Waals surface area contributed by atoms with E-state index in [-0.39, 0.29) is 18.4 Å². The van der Waals surface area contributed by atoms with Gasteiger partial charge in [-0.05, 0) is 37.8 Å². The van der Waals surface area contributed by atoms with E-state index in [4.69, 9.17) is 10.5 Å². The average molecular weight is 493 g/mol. The molecule has 8 heteroatoms. The van der Waals surface area contributed by atoms with Gasteiger partial charge in [-0.2, -0.15) is 0 Å². The molecule has 0 spiro atoms. The van der Waals surface area contributed by atoms with Gasteiger partial charge in [-0.15, -0.1) is 0 Å². The Morgan fingerprint density at radius 3 is 2.33 bits per heavy atom. The van der Waals surface area contributed by atoms with Crippen LogP contribution in [0.4, 0.5) is 0 Å². The second kappa shape index (κ2) is 10.8. The van der Waals surface area contributed by atoms with Crippen molar-refractivity contribution in [1.82, 2.24) is 15.1 Å². The van der Waals surface area contributed by atoms with E-state index in [2.05, 4.69) is 17.4 Å². The molecule has 192 valence electrons. The van der Waals surface area contributed by atoms with Crippen molar-refractivity contribution in [3.63, 3.8) is 0 Å². The Morgan fingerprint density at radius 2 is 1.69 bits per heavy atom. The Hall–Kier alpha value is -3.23. The zero-order valence-corrected chi connectivity index (χ0v) is 21.1. The summed E-state index contributed by atoms with van der Waals surface area (Å²) in [4.78, 5) is 42.9. The third-order valence-corrected chi connectivity index (χ3v) is 7.03. The molecule has 2 heterocycles. The normalized spacial score (nSPS) is 20.7. The number of hydrogen-bond acceptors (Lipinski definition) is 5. The topological polar surface area (TPSA) is 105 Å². The van der Waals surface area contributed by atoms with Crippen LogP contribution in [0.2, 0.25) is 0 Å². The zero-order valence-electron chi connectivity index (χ0n) is 21.1. The van der Waals surface area contributed by atoms with Gasteiger partial charge in [-0.3, -0.25) is 14.4 Å². The molecule has 4 rings (SSSR count). The highest BCUT2D eigenvalue weighted by atomic mass is 16.5. The summed E-state index contributed by atoms with van der Waals surface area (Å²) >= 11 is 0. The van der Waals surface area contributed by atoms with E-state index < -0.39 is 23.0 Å². The number of nitrogens with two attached hydrogens (primary N) is 1. The van der Waals surface area contributed by atoms with Gasteiger partial charge in [-0.25, -0.2) is 0 Å². The molecule has 0 radical (unpaired) electrons. The molecule has 2 aliphatic rings. The van der Waals surface area contributed by atoms with Crippen molar-refractivity contribution in [2.24, 2.45) is 5.73 Å². The first-order valence-electron chi connectivity index (χ1n) is 12.5. The maximum atomic E-state index is 13.8. The summed E-state index contributed by atoms with van der Waals surface area (Å²) < 4.78 is 5.86. The van der Waals surface area contributed by atoms with E-state index in [1.54, 1.807) is 18.7 Å². The molecule has 36 heavy (non-hydrogen) atoms. The largest absolute Gasteiger partial charge is 0.374 e. The van der Waals surface area contributed by atoms with E-state index in [1.165, 1.54) is 0 Å². The van der Waals surface area contributed by atoms with Crippen LogP contribution in [0.25, 0.3) is 0 Å². The van der Waals surface area contributed by atoms with Gasteiger partial charge in [0.15, 0.2) is 0 Å². The number of fused-ring (bicyclic) bond motifs is 1. The van der Waals surface area contributed by atoms with E-state index in [0.29, 0.717) is 45.5 Å². The van der Waals surface area contributed by atoms with Crippen LogP contribution in [0.1, 0.15) is 37.8 Å². The summed E-state index contributed by atoms with van der Waals surface area (Å²) in [7, 11) is 0. The summed E-state index contributed by atoms with van der Waals surface area (Å²) in [5.41, 5.74) is 6.53. The second-order valence-corrected chi connectivity index (χ2v) is 10.4. The molecular weight excluding hydrogens is 456 g/mol. The van der Waals surface area contributed by atoms with Crippen LogP contribution in [0.5, 0.6) is 0 Å². The number of benzene rings is 2. The summed E-state index contributed by atoms with van der Waals surface area (Å²) in [5.74, 6) is -0.496. The Labute approximate surface area is 212 Å². The van der Waals surface area contributed by atoms with Crippen LogP contribution in [-0.2, 0) is 32.1 Å². The highest BCUT2D eigenvalue weighted by Gasteiger charge is 2.50. The van der Waals surface area contributed by atoms with Crippen LogP contribution in [0.3, 0.4) is 0 Å². The molecule has 0 aromatic heterocycles. The van der Waals surface area contributed by atoms with E-state index in [9.17, 15) is 14.4 Å². The zero-order chi connectivity index (χ0) is 25.8. The fourth-order valence-corrected chi connectivity index (χ4v) is 5.07. The Bertz CT molecular complexity index is 1070. The van der Waals surface area contributed by atoms with Crippen molar-refractivity contribution >= 4 is 17.7 Å². The fourth-order valence-electron chi connectivity index (χ4n) is 5.07. The third kappa shape index (κ3) is 5.94. The van der Waals surface area contributed by atoms with Gasteiger partial charge in [0.1, 0.15) is 6.04 Å². The second-order valence-electron chi connectivity index (χ2n) is 10.4. The van der Waals surface area contributed by atoms with Gasteiger partial charge >= 0.3 is 0 Å². The predicted molar refractivity (Wildman–Crippen MR) is 137 cm³/mol. The maximum absolute atomic E-state index is 13.8. The van der Waals surface area contributed by atoms with Gasteiger partial charge in [0.05, 0.1) is 24.3 Å². The van der Waals surface area contributed by atoms with Crippen LogP contribution in [0, 0.1) is 0 Å². The molecule has 0 saturated carbocycles. The average Bonchev–Trinajstić information content (AvgIpc) is 3.18. The fraction of sp³-hybridized carbons (Fsp3) is 0.464. The predicted octanol–water partition coefficient (Wildman–Crippen LogP) is 1.87. The maximum Gasteiger partial charge on any atom is 0.247 e. The highest BCUT2D eigenvalue weighted by molar-refractivity contribution is 5.92. The number of nitrogens with zero attached hydrogens (tertiary/aromatic N) is 2. The molecule has 0 bridgehead atoms. The smallest absolute Gasteiger partial charge is 0.247 e. The lowest BCUT2D eigenvalue weighted by atomic mass is 9.85. The van der Waals surface area contributed by atoms with Crippen molar-refractivity contribution in [2.45, 2.75) is 56.8 Å². The molecule has 2 aromatic carbocycles. The minimum absolute atomic E-state index is 0.0282. The first-order chi connectivity index (χ1) is 17.2. The number of nitrogens with one attached hydrogen (secondary N) is 1. The molecule has 0 aliphatic carbocycles. The van der Waals surface area contributed by atoms with Gasteiger partial charge in [-0.1, -0.05) is 60.7 Å². The lowest BCUT2D eigenvalue weighted by molar-refractivity contribution is -0.147. The highest BCUT2D eigenvalue weighted by Crippen LogP contribution is 2.37. The number of piperazine rings is 1. The lowest BCUT2D eigenvalue weighted by Crippen LogP contribution is -2.65. The Balaban J connectivity index is 1.50. The van der Waals surface area contributed by atoms with Crippen molar-refractivity contribution in [3.05, 3.63) is 71.8 Å². The number of rotatable bonds is 9. The standard InChI is InChI=1S/C28H36N4O4/c1-27(2,29)26(35)30-23(19-36-18-22-11-7-4-8-12-22)25(34)31-15-16-32-24(33)13-14-28(32,20-31)17-21-9-5-3-6-10-21/h3-12,23H,13-20,29H2,1-2H3,(H,30,35)/t23?,28-/m0/s1. The first-order valence-corrected chi connectivity index (χ1v) is 12.5. The molecule has 3 N–H and O–H groups in total. The SMILES string of the molecule is CC(C)(N)C(=O)NC(COCc1ccccc1)C(=O)N1CCN2C(=O)CC[C@]2(Cc2ccccc2)C1. The van der Waals surface area contributed by atoms with Crippen LogP contribution in [0.15, 0.2) is 60.7 Å². The minimum atomic E-state index is -1.14. The Kier molecular flexibility index (Phi) is 7.76. The summed E-state index contributed by atoms with van der Waals surface area (Å²) in [5, 5.41) is 2.81. The Morgan fingerprint density at radius 1 is 1.06 bits per heavy atom. The number of carbonyl (C=O) groups excluding carboxylic acids is 3. The van der Waals surface area contributed by atoms with E-state index in [1.807, 2.05) is 53.4 Å². The summed E-state index contributed by atoms with van der Waals surface area (Å²) in [6, 6.07) is 18.9. The molecule has 2 atom stereocenters. The monoisotopic (exact) mass is 492 g/mol. The molecule has 2 aliphatic heterocycles. The molecule has 3 amide bonds. The first kappa shape index (κ1) is 25.9. The van der Waals surface area contributed by atoms with Crippen LogP contribution < -0.4 is 11.1 Å². The molecule has 1 unspecified atom stereocenters. The van der Waals surface area contributed by atoms with Crippen molar-refractivity contribution < 1.29 is 19.1 Å². The summed E-state index contributed by atoms with van der Waals surface area (Å²) in [6.45, 7) is 4.87. The van der Waals surface area contributed by atoms with E-state index >= 15 is 0 Å². The third-order valence-electron chi connectivity index (χ3n) is 7.03. The number of ether oxygens (including phenoxy) is 1. The van der Waals surface area contributed by atoms with Gasteiger partial charge in [0.25, 0.3) is 0 Å². The summed E-state index contributed by atoms with van der Waals surface area (Å²) in [6.07, 6.45) is 1.86. The lowest BCUT2D eigenvalue weighted by Gasteiger charge is -2.48. The van der Waals surface area contributed by atoms with Crippen LogP contribution >= 0.6 is 0 Å². The molecule has 8 nitrogen and oxygen atoms in total. The van der Waals surface area contributed by atoms with E-state index in [0.717, 1.165) is 11.1 Å². The quantitative estimate of drug-likeness (QED) is 0.556. The van der Waals surface area contributed by atoms with Gasteiger partial charge < -0.3 is 25.6 Å². The van der Waals surface area contributed by atoms with Gasteiger partial charge in [0, 0.05) is 26.1 Å². The van der Waals surface area contributed by atoms with Crippen molar-refractivity contribution in [1.29, 1.82) is 0 Å².